The lowest BCUT2D eigenvalue weighted by molar-refractivity contribution is 0.0951. The normalized spacial score (nSPS) is 10.6. The van der Waals surface area contributed by atoms with E-state index in [1.54, 1.807) is 0 Å². The molecule has 0 atom stereocenters. The highest BCUT2D eigenvalue weighted by molar-refractivity contribution is 5.94. The Kier molecular flexibility index (Phi) is 4.47. The molecule has 2 aromatic carbocycles. The number of carbonyl (C=O) groups excluding carboxylic acids is 1. The molecule has 4 heteroatoms. The zero-order valence-corrected chi connectivity index (χ0v) is 13.7. The van der Waals surface area contributed by atoms with Crippen molar-refractivity contribution in [1.29, 1.82) is 0 Å². The second-order valence-corrected chi connectivity index (χ2v) is 5.77. The summed E-state index contributed by atoms with van der Waals surface area (Å²) in [5.41, 5.74) is 4.81. The van der Waals surface area contributed by atoms with Crippen LogP contribution in [0.5, 0.6) is 0 Å². The van der Waals surface area contributed by atoms with Crippen molar-refractivity contribution in [2.24, 2.45) is 0 Å². The smallest absolute Gasteiger partial charge is 0.251 e. The highest BCUT2D eigenvalue weighted by Crippen LogP contribution is 2.20. The molecule has 1 heterocycles. The molecule has 0 saturated heterocycles. The maximum absolute atomic E-state index is 13.0. The Morgan fingerprint density at radius 1 is 0.958 bits per heavy atom. The second-order valence-electron chi connectivity index (χ2n) is 5.77. The second kappa shape index (κ2) is 6.71. The summed E-state index contributed by atoms with van der Waals surface area (Å²) in [6.45, 7) is 4.52. The first-order chi connectivity index (χ1) is 11.6. The number of carbonyl (C=O) groups is 1. The van der Waals surface area contributed by atoms with Crippen molar-refractivity contribution in [2.45, 2.75) is 20.4 Å². The van der Waals surface area contributed by atoms with Gasteiger partial charge in [-0.05, 0) is 61.9 Å². The van der Waals surface area contributed by atoms with E-state index in [0.717, 1.165) is 22.6 Å². The number of para-hydroxylation sites is 1. The number of nitrogens with zero attached hydrogens (tertiary/aromatic N) is 1. The maximum Gasteiger partial charge on any atom is 0.251 e. The molecule has 24 heavy (non-hydrogen) atoms. The van der Waals surface area contributed by atoms with Crippen LogP contribution in [0.15, 0.2) is 60.7 Å². The molecule has 0 saturated carbocycles. The molecule has 3 rings (SSSR count). The molecule has 3 nitrogen and oxygen atoms in total. The predicted molar refractivity (Wildman–Crippen MR) is 92.8 cm³/mol. The molecule has 0 radical (unpaired) electrons. The van der Waals surface area contributed by atoms with E-state index in [1.807, 2.05) is 24.3 Å². The van der Waals surface area contributed by atoms with E-state index >= 15 is 0 Å². The molecule has 0 unspecified atom stereocenters. The number of halogens is 1. The average molecular weight is 322 g/mol. The van der Waals surface area contributed by atoms with Crippen LogP contribution in [0.3, 0.4) is 0 Å². The van der Waals surface area contributed by atoms with Crippen molar-refractivity contribution >= 4 is 5.91 Å². The summed E-state index contributed by atoms with van der Waals surface area (Å²) < 4.78 is 15.1. The van der Waals surface area contributed by atoms with Gasteiger partial charge < -0.3 is 9.88 Å². The minimum absolute atomic E-state index is 0.217. The third-order valence-electron chi connectivity index (χ3n) is 4.05. The van der Waals surface area contributed by atoms with Gasteiger partial charge in [-0.25, -0.2) is 4.39 Å². The van der Waals surface area contributed by atoms with Gasteiger partial charge in [0.15, 0.2) is 0 Å². The summed E-state index contributed by atoms with van der Waals surface area (Å²) >= 11 is 0. The molecule has 0 aliphatic carbocycles. The molecule has 1 N–H and O–H groups in total. The van der Waals surface area contributed by atoms with Crippen molar-refractivity contribution in [3.8, 4) is 5.69 Å². The largest absolute Gasteiger partial charge is 0.348 e. The fourth-order valence-electron chi connectivity index (χ4n) is 2.81. The van der Waals surface area contributed by atoms with Crippen LogP contribution in [0.1, 0.15) is 27.3 Å². The number of hydrogen-bond donors (Lipinski definition) is 1. The predicted octanol–water partition coefficient (Wildman–Crippen LogP) is 4.16. The van der Waals surface area contributed by atoms with Crippen LogP contribution in [0.25, 0.3) is 5.69 Å². The summed E-state index contributed by atoms with van der Waals surface area (Å²) in [5.74, 6) is -0.568. The van der Waals surface area contributed by atoms with Crippen LogP contribution < -0.4 is 5.32 Å². The average Bonchev–Trinajstić information content (AvgIpc) is 2.92. The van der Waals surface area contributed by atoms with Gasteiger partial charge in [-0.1, -0.05) is 18.2 Å². The number of nitrogens with one attached hydrogen (secondary N) is 1. The number of rotatable bonds is 4. The van der Waals surface area contributed by atoms with Gasteiger partial charge in [0.05, 0.1) is 5.69 Å². The van der Waals surface area contributed by atoms with Crippen LogP contribution in [-0.4, -0.2) is 10.5 Å². The van der Waals surface area contributed by atoms with Gasteiger partial charge in [-0.2, -0.15) is 0 Å². The SMILES string of the molecule is Cc1ccc(C)n1-c1ccccc1CNC(=O)c1ccc(F)cc1. The van der Waals surface area contributed by atoms with Gasteiger partial charge in [0, 0.05) is 23.5 Å². The van der Waals surface area contributed by atoms with Gasteiger partial charge in [-0.3, -0.25) is 4.79 Å². The molecule has 0 spiro atoms. The van der Waals surface area contributed by atoms with Crippen molar-refractivity contribution in [1.82, 2.24) is 9.88 Å². The van der Waals surface area contributed by atoms with E-state index < -0.39 is 0 Å². The standard InChI is InChI=1S/C20H19FN2O/c1-14-7-8-15(2)23(14)19-6-4-3-5-17(19)13-22-20(24)16-9-11-18(21)12-10-16/h3-12H,13H2,1-2H3,(H,22,24). The summed E-state index contributed by atoms with van der Waals surface area (Å²) in [4.78, 5) is 12.2. The van der Waals surface area contributed by atoms with E-state index in [-0.39, 0.29) is 11.7 Å². The highest BCUT2D eigenvalue weighted by Gasteiger charge is 2.10. The molecule has 0 fully saturated rings. The lowest BCUT2D eigenvalue weighted by Gasteiger charge is -2.15. The van der Waals surface area contributed by atoms with Crippen molar-refractivity contribution in [2.75, 3.05) is 0 Å². The third kappa shape index (κ3) is 3.23. The lowest BCUT2D eigenvalue weighted by Crippen LogP contribution is -2.23. The van der Waals surface area contributed by atoms with E-state index in [9.17, 15) is 9.18 Å². The molecule has 1 aromatic heterocycles. The summed E-state index contributed by atoms with van der Waals surface area (Å²) in [6.07, 6.45) is 0. The fourth-order valence-corrected chi connectivity index (χ4v) is 2.81. The maximum atomic E-state index is 13.0. The zero-order valence-electron chi connectivity index (χ0n) is 13.7. The Morgan fingerprint density at radius 3 is 2.25 bits per heavy atom. The van der Waals surface area contributed by atoms with Gasteiger partial charge in [-0.15, -0.1) is 0 Å². The first-order valence-corrected chi connectivity index (χ1v) is 7.83. The Balaban J connectivity index is 1.81. The molecule has 3 aromatic rings. The molecule has 1 amide bonds. The quantitative estimate of drug-likeness (QED) is 0.769. The summed E-state index contributed by atoms with van der Waals surface area (Å²) in [7, 11) is 0. The molecule has 0 bridgehead atoms. The Labute approximate surface area is 140 Å². The molecule has 122 valence electrons. The van der Waals surface area contributed by atoms with Crippen molar-refractivity contribution < 1.29 is 9.18 Å². The number of aromatic nitrogens is 1. The van der Waals surface area contributed by atoms with Gasteiger partial charge in [0.25, 0.3) is 5.91 Å². The van der Waals surface area contributed by atoms with Crippen LogP contribution in [0.4, 0.5) is 4.39 Å². The zero-order chi connectivity index (χ0) is 17.1. The van der Waals surface area contributed by atoms with Crippen LogP contribution in [-0.2, 0) is 6.54 Å². The number of hydrogen-bond acceptors (Lipinski definition) is 1. The van der Waals surface area contributed by atoms with E-state index in [2.05, 4.69) is 35.9 Å². The number of amides is 1. The van der Waals surface area contributed by atoms with E-state index in [1.165, 1.54) is 24.3 Å². The summed E-state index contributed by atoms with van der Waals surface area (Å²) in [5, 5.41) is 2.90. The van der Waals surface area contributed by atoms with Gasteiger partial charge >= 0.3 is 0 Å². The minimum Gasteiger partial charge on any atom is -0.348 e. The van der Waals surface area contributed by atoms with Crippen LogP contribution in [0, 0.1) is 19.7 Å². The lowest BCUT2D eigenvalue weighted by atomic mass is 10.1. The van der Waals surface area contributed by atoms with E-state index in [0.29, 0.717) is 12.1 Å². The Hall–Kier alpha value is -2.88. The van der Waals surface area contributed by atoms with Gasteiger partial charge in [0.2, 0.25) is 0 Å². The van der Waals surface area contributed by atoms with Crippen LogP contribution in [0.2, 0.25) is 0 Å². The minimum atomic E-state index is -0.351. The molecular weight excluding hydrogens is 303 g/mol. The fraction of sp³-hybridized carbons (Fsp3) is 0.150. The molecule has 0 aliphatic heterocycles. The van der Waals surface area contributed by atoms with Crippen LogP contribution >= 0.6 is 0 Å². The van der Waals surface area contributed by atoms with Crippen molar-refractivity contribution in [3.63, 3.8) is 0 Å². The van der Waals surface area contributed by atoms with E-state index in [4.69, 9.17) is 0 Å². The third-order valence-corrected chi connectivity index (χ3v) is 4.05. The molecule has 0 aliphatic rings. The topological polar surface area (TPSA) is 34.0 Å². The first-order valence-electron chi connectivity index (χ1n) is 7.83. The van der Waals surface area contributed by atoms with Gasteiger partial charge in [0.1, 0.15) is 5.82 Å². The Morgan fingerprint density at radius 2 is 1.58 bits per heavy atom. The highest BCUT2D eigenvalue weighted by atomic mass is 19.1. The first kappa shape index (κ1) is 16.0. The monoisotopic (exact) mass is 322 g/mol. The Bertz CT molecular complexity index is 846. The number of aryl methyl sites for hydroxylation is 2. The molecular formula is C20H19FN2O. The van der Waals surface area contributed by atoms with Crippen molar-refractivity contribution in [3.05, 3.63) is 89.0 Å². The summed E-state index contributed by atoms with van der Waals surface area (Å²) in [6, 6.07) is 17.7. The number of benzene rings is 2.